The van der Waals surface area contributed by atoms with Crippen LogP contribution in [0.5, 0.6) is 5.75 Å². The van der Waals surface area contributed by atoms with Crippen LogP contribution in [0.25, 0.3) is 22.3 Å². The quantitative estimate of drug-likeness (QED) is 0.294. The summed E-state index contributed by atoms with van der Waals surface area (Å²) in [5, 5.41) is 15.1. The molecule has 8 heteroatoms. The Morgan fingerprint density at radius 2 is 1.84 bits per heavy atom. The molecule has 1 aliphatic rings. The topological polar surface area (TPSA) is 76.6 Å². The van der Waals surface area contributed by atoms with E-state index in [1.807, 2.05) is 47.1 Å². The van der Waals surface area contributed by atoms with Crippen LogP contribution in [0, 0.1) is 11.3 Å². The lowest BCUT2D eigenvalue weighted by Crippen LogP contribution is -2.27. The molecule has 190 valence electrons. The fourth-order valence-corrected chi connectivity index (χ4v) is 4.71. The third-order valence-corrected chi connectivity index (χ3v) is 6.83. The van der Waals surface area contributed by atoms with Crippen molar-refractivity contribution in [2.75, 3.05) is 0 Å². The van der Waals surface area contributed by atoms with Gasteiger partial charge in [0.05, 0.1) is 34.0 Å². The van der Waals surface area contributed by atoms with E-state index in [0.29, 0.717) is 41.8 Å². The van der Waals surface area contributed by atoms with Gasteiger partial charge in [-0.1, -0.05) is 51.1 Å². The van der Waals surface area contributed by atoms with Crippen LogP contribution >= 0.6 is 0 Å². The van der Waals surface area contributed by atoms with Crippen LogP contribution in [0.1, 0.15) is 69.4 Å². The minimum atomic E-state index is -2.63. The van der Waals surface area contributed by atoms with Gasteiger partial charge in [-0.2, -0.15) is 10.4 Å². The molecule has 3 heterocycles. The molecular weight excluding hydrogens is 472 g/mol. The number of fused-ring (bicyclic) bond motifs is 1. The Bertz CT molecular complexity index is 1460. The lowest BCUT2D eigenvalue weighted by molar-refractivity contribution is -0.0448. The zero-order valence-electron chi connectivity index (χ0n) is 21.2. The smallest absolute Gasteiger partial charge is 0.248 e. The Labute approximate surface area is 214 Å². The molecule has 0 unspecified atom stereocenters. The van der Waals surface area contributed by atoms with Crippen molar-refractivity contribution in [2.24, 2.45) is 0 Å². The predicted molar refractivity (Wildman–Crippen MR) is 137 cm³/mol. The third-order valence-electron chi connectivity index (χ3n) is 6.83. The molecule has 3 aromatic heterocycles. The van der Waals surface area contributed by atoms with E-state index >= 15 is 0 Å². The summed E-state index contributed by atoms with van der Waals surface area (Å²) in [6.07, 6.45) is 1.93. The maximum absolute atomic E-state index is 13.9. The molecule has 0 atom stereocenters. The van der Waals surface area contributed by atoms with Crippen molar-refractivity contribution in [3.05, 3.63) is 71.7 Å². The number of halogens is 2. The summed E-state index contributed by atoms with van der Waals surface area (Å²) in [7, 11) is 0. The van der Waals surface area contributed by atoms with E-state index in [-0.39, 0.29) is 30.0 Å². The summed E-state index contributed by atoms with van der Waals surface area (Å²) in [6.45, 7) is 6.53. The van der Waals surface area contributed by atoms with Crippen molar-refractivity contribution in [3.8, 4) is 23.2 Å². The van der Waals surface area contributed by atoms with E-state index in [9.17, 15) is 14.0 Å². The first kappa shape index (κ1) is 24.8. The zero-order valence-corrected chi connectivity index (χ0v) is 21.2. The highest BCUT2D eigenvalue weighted by molar-refractivity contribution is 5.91. The largest absolute Gasteiger partial charge is 0.488 e. The van der Waals surface area contributed by atoms with Gasteiger partial charge in [-0.3, -0.25) is 4.68 Å². The minimum Gasteiger partial charge on any atom is -0.488 e. The number of hydrogen-bond donors (Lipinski definition) is 0. The molecule has 1 saturated carbocycles. The van der Waals surface area contributed by atoms with E-state index in [0.717, 1.165) is 17.0 Å². The molecule has 1 fully saturated rings. The normalized spacial score (nSPS) is 16.0. The lowest BCUT2D eigenvalue weighted by atomic mass is 9.92. The van der Waals surface area contributed by atoms with Crippen LogP contribution in [-0.4, -0.2) is 25.7 Å². The van der Waals surface area contributed by atoms with Gasteiger partial charge >= 0.3 is 0 Å². The molecule has 0 aliphatic heterocycles. The van der Waals surface area contributed by atoms with Crippen LogP contribution < -0.4 is 4.74 Å². The van der Waals surface area contributed by atoms with Gasteiger partial charge in [0, 0.05) is 30.5 Å². The maximum Gasteiger partial charge on any atom is 0.248 e. The summed E-state index contributed by atoms with van der Waals surface area (Å²) in [5.74, 6) is -2.13. The van der Waals surface area contributed by atoms with Crippen molar-refractivity contribution in [2.45, 2.75) is 70.4 Å². The zero-order chi connectivity index (χ0) is 26.2. The number of aromatic nitrogens is 4. The molecule has 0 radical (unpaired) electrons. The number of benzene rings is 1. The second-order valence-corrected chi connectivity index (χ2v) is 10.6. The van der Waals surface area contributed by atoms with Gasteiger partial charge in [0.2, 0.25) is 5.92 Å². The van der Waals surface area contributed by atoms with Crippen molar-refractivity contribution in [1.29, 1.82) is 5.26 Å². The molecule has 1 aromatic carbocycles. The molecule has 0 spiro atoms. The molecule has 0 amide bonds. The third kappa shape index (κ3) is 5.17. The van der Waals surface area contributed by atoms with E-state index in [4.69, 9.17) is 14.8 Å². The highest BCUT2D eigenvalue weighted by Gasteiger charge is 2.37. The number of hydrogen-bond acceptors (Lipinski definition) is 5. The average Bonchev–Trinajstić information content (AvgIpc) is 3.33. The summed E-state index contributed by atoms with van der Waals surface area (Å²) in [4.78, 5) is 9.08. The lowest BCUT2D eigenvalue weighted by Gasteiger charge is -2.29. The van der Waals surface area contributed by atoms with Crippen LogP contribution in [-0.2, 0) is 12.0 Å². The molecule has 37 heavy (non-hydrogen) atoms. The molecule has 1 aliphatic carbocycles. The van der Waals surface area contributed by atoms with Gasteiger partial charge < -0.3 is 4.74 Å². The average molecular weight is 502 g/mol. The Morgan fingerprint density at radius 3 is 2.51 bits per heavy atom. The first-order valence-corrected chi connectivity index (χ1v) is 12.5. The first-order chi connectivity index (χ1) is 17.6. The Hall–Kier alpha value is -3.86. The fraction of sp³-hybridized carbons (Fsp3) is 0.379. The Kier molecular flexibility index (Phi) is 6.40. The van der Waals surface area contributed by atoms with Gasteiger partial charge in [-0.05, 0) is 30.5 Å². The molecule has 4 aromatic rings. The van der Waals surface area contributed by atoms with Gasteiger partial charge in [0.15, 0.2) is 5.69 Å². The summed E-state index contributed by atoms with van der Waals surface area (Å²) >= 11 is 0. The fourth-order valence-electron chi connectivity index (χ4n) is 4.71. The van der Waals surface area contributed by atoms with Gasteiger partial charge in [0.25, 0.3) is 0 Å². The first-order valence-electron chi connectivity index (χ1n) is 12.5. The van der Waals surface area contributed by atoms with E-state index < -0.39 is 5.92 Å². The number of ether oxygens (including phenoxy) is 1. The van der Waals surface area contributed by atoms with E-state index in [1.54, 1.807) is 12.3 Å². The second kappa shape index (κ2) is 9.55. The standard InChI is InChI=1S/C29H29F2N5O/c1-28(2,3)26-16-24(36(35-26)20-9-12-29(30,31)13-10-20)22-15-25(37-18-19-7-5-4-6-8-19)27-21(34-22)11-14-33-23(27)17-32/h4-8,11,14-16,20H,9-10,12-13,18H2,1-3H3. The van der Waals surface area contributed by atoms with Crippen LogP contribution in [0.2, 0.25) is 0 Å². The van der Waals surface area contributed by atoms with Crippen LogP contribution in [0.15, 0.2) is 54.7 Å². The molecule has 6 nitrogen and oxygen atoms in total. The van der Waals surface area contributed by atoms with Crippen molar-refractivity contribution >= 4 is 10.9 Å². The second-order valence-electron chi connectivity index (χ2n) is 10.6. The van der Waals surface area contributed by atoms with E-state index in [1.165, 1.54) is 0 Å². The monoisotopic (exact) mass is 501 g/mol. The maximum atomic E-state index is 13.9. The Balaban J connectivity index is 1.63. The van der Waals surface area contributed by atoms with Gasteiger partial charge in [0.1, 0.15) is 18.4 Å². The molecule has 0 N–H and O–H groups in total. The summed E-state index contributed by atoms with van der Waals surface area (Å²) in [6, 6.07) is 17.3. The van der Waals surface area contributed by atoms with Crippen molar-refractivity contribution in [3.63, 3.8) is 0 Å². The number of rotatable bonds is 5. The summed E-state index contributed by atoms with van der Waals surface area (Å²) < 4.78 is 36.0. The summed E-state index contributed by atoms with van der Waals surface area (Å²) in [5.41, 5.74) is 3.79. The van der Waals surface area contributed by atoms with Gasteiger partial charge in [-0.15, -0.1) is 0 Å². The SMILES string of the molecule is CC(C)(C)c1cc(-c2cc(OCc3ccccc3)c3c(C#N)nccc3n2)n(C2CCC(F)(F)CC2)n1. The van der Waals surface area contributed by atoms with Crippen LogP contribution in [0.4, 0.5) is 8.78 Å². The minimum absolute atomic E-state index is 0.149. The van der Waals surface area contributed by atoms with Crippen molar-refractivity contribution < 1.29 is 13.5 Å². The van der Waals surface area contributed by atoms with Gasteiger partial charge in [-0.25, -0.2) is 18.7 Å². The molecule has 5 rings (SSSR count). The number of nitriles is 1. The number of pyridine rings is 2. The highest BCUT2D eigenvalue weighted by atomic mass is 19.3. The highest BCUT2D eigenvalue weighted by Crippen LogP contribution is 2.41. The predicted octanol–water partition coefficient (Wildman–Crippen LogP) is 6.99. The molecule has 0 saturated heterocycles. The van der Waals surface area contributed by atoms with Crippen LogP contribution in [0.3, 0.4) is 0 Å². The van der Waals surface area contributed by atoms with Crippen molar-refractivity contribution in [1.82, 2.24) is 19.7 Å². The number of alkyl halides is 2. The Morgan fingerprint density at radius 1 is 1.11 bits per heavy atom. The number of nitrogens with zero attached hydrogens (tertiary/aromatic N) is 5. The molecular formula is C29H29F2N5O. The molecule has 0 bridgehead atoms. The van der Waals surface area contributed by atoms with E-state index in [2.05, 4.69) is 31.8 Å².